The smallest absolute Gasteiger partial charge is 0.129 e. The molecule has 0 aromatic carbocycles. The lowest BCUT2D eigenvalue weighted by Gasteiger charge is -2.23. The van der Waals surface area contributed by atoms with Gasteiger partial charge < -0.3 is 10.4 Å². The Morgan fingerprint density at radius 3 is 2.67 bits per heavy atom. The molecule has 5 heteroatoms. The molecule has 2 N–H and O–H groups in total. The van der Waals surface area contributed by atoms with Gasteiger partial charge in [-0.1, -0.05) is 6.08 Å². The van der Waals surface area contributed by atoms with Crippen molar-refractivity contribution in [3.05, 3.63) is 35.3 Å². The van der Waals surface area contributed by atoms with Crippen LogP contribution in [-0.4, -0.2) is 27.7 Å². The van der Waals surface area contributed by atoms with Crippen LogP contribution in [0.25, 0.3) is 0 Å². The van der Waals surface area contributed by atoms with E-state index in [2.05, 4.69) is 43.9 Å². The maximum Gasteiger partial charge on any atom is 0.129 e. The van der Waals surface area contributed by atoms with E-state index in [1.165, 1.54) is 0 Å². The van der Waals surface area contributed by atoms with Gasteiger partial charge in [0, 0.05) is 12.0 Å². The number of aliphatic imine (C=N–C) groups is 1. The molecule has 132 valence electrons. The Balaban J connectivity index is 2.40. The topological polar surface area (TPSA) is 62.4 Å². The summed E-state index contributed by atoms with van der Waals surface area (Å²) in [5.74, 6) is 1.27. The number of rotatable bonds is 5. The van der Waals surface area contributed by atoms with Gasteiger partial charge in [0.25, 0.3) is 0 Å². The summed E-state index contributed by atoms with van der Waals surface area (Å²) in [4.78, 5) is 4.04. The second kappa shape index (κ2) is 7.34. The fraction of sp³-hybridized carbons (Fsp3) is 0.579. The normalized spacial score (nSPS) is 22.8. The van der Waals surface area contributed by atoms with Gasteiger partial charge in [-0.25, -0.2) is 4.68 Å². The first-order valence-electron chi connectivity index (χ1n) is 8.62. The Hall–Kier alpha value is -1.88. The number of allylic oxidation sites excluding steroid dienone is 3. The zero-order valence-electron chi connectivity index (χ0n) is 15.5. The predicted octanol–water partition coefficient (Wildman–Crippen LogP) is 4.19. The summed E-state index contributed by atoms with van der Waals surface area (Å²) in [5.41, 5.74) is 2.66. The number of nitrogens with one attached hydrogen (secondary N) is 1. The third-order valence-electron chi connectivity index (χ3n) is 4.41. The summed E-state index contributed by atoms with van der Waals surface area (Å²) in [6.07, 6.45) is 6.42. The van der Waals surface area contributed by atoms with E-state index in [9.17, 15) is 5.11 Å². The summed E-state index contributed by atoms with van der Waals surface area (Å²) in [5, 5.41) is 18.1. The summed E-state index contributed by atoms with van der Waals surface area (Å²) < 4.78 is 2.02. The summed E-state index contributed by atoms with van der Waals surface area (Å²) in [6, 6.07) is 2.10. The Bertz CT molecular complexity index is 649. The summed E-state index contributed by atoms with van der Waals surface area (Å²) in [6.45, 7) is 13.9. The molecular weight excluding hydrogens is 300 g/mol. The number of hydrogen-bond acceptors (Lipinski definition) is 4. The zero-order valence-corrected chi connectivity index (χ0v) is 15.5. The zero-order chi connectivity index (χ0) is 17.9. The molecule has 1 aromatic heterocycles. The van der Waals surface area contributed by atoms with Gasteiger partial charge in [-0.3, -0.25) is 4.99 Å². The van der Waals surface area contributed by atoms with Crippen molar-refractivity contribution < 1.29 is 5.11 Å². The number of aliphatic hydroxyl groups is 1. The minimum absolute atomic E-state index is 0.144. The van der Waals surface area contributed by atoms with Crippen LogP contribution in [0, 0.1) is 0 Å². The lowest BCUT2D eigenvalue weighted by atomic mass is 10.0. The highest BCUT2D eigenvalue weighted by Gasteiger charge is 2.29. The molecule has 1 heterocycles. The molecule has 2 unspecified atom stereocenters. The molecule has 0 spiro atoms. The number of aromatic nitrogens is 2. The standard InChI is InChI=1S/C19H30N4O/c1-7-8-16(13(2)20-6)21-18-12-17(14-9-10-15(24)11-14)22-23(18)19(3,4)5/h7-8,12,14-15,21,24H,6,9-11H2,1-5H3/b8-7-,16-13+. The van der Waals surface area contributed by atoms with Crippen molar-refractivity contribution in [1.82, 2.24) is 9.78 Å². The fourth-order valence-corrected chi connectivity index (χ4v) is 3.07. The third kappa shape index (κ3) is 4.15. The Kier molecular flexibility index (Phi) is 5.65. The molecular formula is C19H30N4O. The van der Waals surface area contributed by atoms with Crippen molar-refractivity contribution in [3.63, 3.8) is 0 Å². The van der Waals surface area contributed by atoms with Crippen molar-refractivity contribution >= 4 is 12.5 Å². The highest BCUT2D eigenvalue weighted by Crippen LogP contribution is 2.36. The van der Waals surface area contributed by atoms with Gasteiger partial charge >= 0.3 is 0 Å². The van der Waals surface area contributed by atoms with Crippen LogP contribution in [0.15, 0.2) is 34.6 Å². The van der Waals surface area contributed by atoms with Crippen LogP contribution in [0.2, 0.25) is 0 Å². The molecule has 1 aliphatic carbocycles. The van der Waals surface area contributed by atoms with E-state index in [-0.39, 0.29) is 11.6 Å². The molecule has 2 atom stereocenters. The van der Waals surface area contributed by atoms with Crippen LogP contribution in [0.1, 0.15) is 65.5 Å². The number of anilines is 1. The number of hydrogen-bond donors (Lipinski definition) is 2. The Morgan fingerprint density at radius 1 is 1.46 bits per heavy atom. The third-order valence-corrected chi connectivity index (χ3v) is 4.41. The second-order valence-corrected chi connectivity index (χ2v) is 7.48. The number of aliphatic hydroxyl groups excluding tert-OH is 1. The molecule has 0 amide bonds. The van der Waals surface area contributed by atoms with Gasteiger partial charge in [-0.15, -0.1) is 0 Å². The van der Waals surface area contributed by atoms with Crippen molar-refractivity contribution in [2.75, 3.05) is 5.32 Å². The minimum atomic E-state index is -0.197. The molecule has 1 aliphatic rings. The van der Waals surface area contributed by atoms with Gasteiger partial charge in [0.1, 0.15) is 5.82 Å². The molecule has 5 nitrogen and oxygen atoms in total. The van der Waals surface area contributed by atoms with E-state index < -0.39 is 0 Å². The fourth-order valence-electron chi connectivity index (χ4n) is 3.07. The highest BCUT2D eigenvalue weighted by atomic mass is 16.3. The molecule has 0 bridgehead atoms. The Labute approximate surface area is 145 Å². The molecule has 2 rings (SSSR count). The summed E-state index contributed by atoms with van der Waals surface area (Å²) >= 11 is 0. The second-order valence-electron chi connectivity index (χ2n) is 7.48. The van der Waals surface area contributed by atoms with E-state index in [0.29, 0.717) is 5.92 Å². The molecule has 1 aromatic rings. The van der Waals surface area contributed by atoms with Crippen LogP contribution in [0.3, 0.4) is 0 Å². The highest BCUT2D eigenvalue weighted by molar-refractivity contribution is 5.50. The summed E-state index contributed by atoms with van der Waals surface area (Å²) in [7, 11) is 0. The van der Waals surface area contributed by atoms with E-state index in [4.69, 9.17) is 5.10 Å². The van der Waals surface area contributed by atoms with Gasteiger partial charge in [-0.2, -0.15) is 5.10 Å². The first-order chi connectivity index (χ1) is 11.3. The average Bonchev–Trinajstić information content (AvgIpc) is 3.11. The lowest BCUT2D eigenvalue weighted by molar-refractivity contribution is 0.181. The van der Waals surface area contributed by atoms with Crippen molar-refractivity contribution in [3.8, 4) is 0 Å². The lowest BCUT2D eigenvalue weighted by Crippen LogP contribution is -2.25. The average molecular weight is 330 g/mol. The molecule has 1 saturated carbocycles. The van der Waals surface area contributed by atoms with E-state index in [0.717, 1.165) is 42.2 Å². The first-order valence-corrected chi connectivity index (χ1v) is 8.62. The first kappa shape index (κ1) is 18.5. The molecule has 24 heavy (non-hydrogen) atoms. The van der Waals surface area contributed by atoms with Crippen LogP contribution in [0.5, 0.6) is 0 Å². The Morgan fingerprint density at radius 2 is 2.17 bits per heavy atom. The van der Waals surface area contributed by atoms with Crippen molar-refractivity contribution in [2.45, 2.75) is 71.4 Å². The van der Waals surface area contributed by atoms with E-state index in [1.807, 2.05) is 30.7 Å². The molecule has 0 radical (unpaired) electrons. The minimum Gasteiger partial charge on any atom is -0.393 e. The van der Waals surface area contributed by atoms with Gasteiger partial charge in [0.15, 0.2) is 0 Å². The molecule has 0 saturated heterocycles. The van der Waals surface area contributed by atoms with Crippen LogP contribution in [0.4, 0.5) is 5.82 Å². The maximum atomic E-state index is 9.83. The monoisotopic (exact) mass is 330 g/mol. The quantitative estimate of drug-likeness (QED) is 0.628. The van der Waals surface area contributed by atoms with Crippen LogP contribution < -0.4 is 5.32 Å². The molecule has 0 aliphatic heterocycles. The van der Waals surface area contributed by atoms with Gasteiger partial charge in [0.2, 0.25) is 0 Å². The maximum absolute atomic E-state index is 9.83. The number of nitrogens with zero attached hydrogens (tertiary/aromatic N) is 3. The van der Waals surface area contributed by atoms with Crippen LogP contribution >= 0.6 is 0 Å². The predicted molar refractivity (Wildman–Crippen MR) is 101 cm³/mol. The van der Waals surface area contributed by atoms with E-state index >= 15 is 0 Å². The van der Waals surface area contributed by atoms with E-state index in [1.54, 1.807) is 0 Å². The molecule has 1 fully saturated rings. The van der Waals surface area contributed by atoms with Gasteiger partial charge in [0.05, 0.1) is 28.7 Å². The van der Waals surface area contributed by atoms with Crippen molar-refractivity contribution in [2.24, 2.45) is 4.99 Å². The largest absolute Gasteiger partial charge is 0.393 e. The van der Waals surface area contributed by atoms with Crippen molar-refractivity contribution in [1.29, 1.82) is 0 Å². The SMILES string of the molecule is C=N/C(C)=C(\C=C/C)Nc1cc(C2CCC(O)C2)nn1C(C)(C)C. The van der Waals surface area contributed by atoms with Gasteiger partial charge in [-0.05, 0) is 66.7 Å². The van der Waals surface area contributed by atoms with Crippen LogP contribution in [-0.2, 0) is 5.54 Å².